The largest absolute Gasteiger partial charge is 0.392 e. The van der Waals surface area contributed by atoms with Gasteiger partial charge >= 0.3 is 0 Å². The Morgan fingerprint density at radius 2 is 1.02 bits per heavy atom. The van der Waals surface area contributed by atoms with Crippen molar-refractivity contribution >= 4 is 33.7 Å². The summed E-state index contributed by atoms with van der Waals surface area (Å²) in [5.74, 6) is -0.557. The van der Waals surface area contributed by atoms with E-state index in [2.05, 4.69) is 55.5 Å². The number of halogens is 3. The molecule has 0 saturated carbocycles. The van der Waals surface area contributed by atoms with Crippen LogP contribution in [0.5, 0.6) is 0 Å². The molecule has 0 spiro atoms. The number of fused-ring (bicyclic) bond motifs is 2. The van der Waals surface area contributed by atoms with Gasteiger partial charge in [-0.3, -0.25) is 0 Å². The summed E-state index contributed by atoms with van der Waals surface area (Å²) in [6, 6.07) is 31.9. The summed E-state index contributed by atoms with van der Waals surface area (Å²) in [5.41, 5.74) is 12.3. The summed E-state index contributed by atoms with van der Waals surface area (Å²) < 4.78 is 32.2. The topological polar surface area (TPSA) is 76.1 Å². The summed E-state index contributed by atoms with van der Waals surface area (Å²) in [5, 5.41) is 22.2. The minimum absolute atomic E-state index is 0.0729. The molecule has 0 amide bonds. The molecular formula is C46H41ClF2N4O2. The van der Waals surface area contributed by atoms with Crippen LogP contribution in [0.4, 0.5) is 8.78 Å². The molecule has 0 aliphatic heterocycles. The van der Waals surface area contributed by atoms with Gasteiger partial charge in [-0.2, -0.15) is 0 Å². The van der Waals surface area contributed by atoms with Gasteiger partial charge in [0, 0.05) is 61.8 Å². The minimum Gasteiger partial charge on any atom is -0.392 e. The fourth-order valence-electron chi connectivity index (χ4n) is 7.09. The molecule has 4 aromatic carbocycles. The van der Waals surface area contributed by atoms with Crippen molar-refractivity contribution in [2.75, 3.05) is 0 Å². The maximum Gasteiger partial charge on any atom is 0.141 e. The fourth-order valence-corrected chi connectivity index (χ4v) is 7.25. The zero-order valence-corrected chi connectivity index (χ0v) is 31.9. The molecule has 4 heterocycles. The number of hydrogen-bond donors (Lipinski definition) is 2. The predicted octanol–water partition coefficient (Wildman–Crippen LogP) is 10.7. The molecule has 8 rings (SSSR count). The highest BCUT2D eigenvalue weighted by molar-refractivity contribution is 6.30. The van der Waals surface area contributed by atoms with E-state index in [-0.39, 0.29) is 24.8 Å². The number of pyridine rings is 2. The standard InChI is InChI=1S/C23H20ClFN2O.C23H21FN2O/c1-14-3-5-16(6-4-14)22-19-9-10-27(23(19)26-15(2)20(22)13-28)12-17-7-8-18(24)11-21(17)25;1-15-7-9-17(10-8-15)22-19-11-12-26(13-18-5-3-4-6-21(18)24)23(19)25-16(2)20(22)14-27/h3-11,28H,12-13H2,1-2H3;3-12,27H,13-14H2,1-2H3. The third-order valence-electron chi connectivity index (χ3n) is 10.1. The van der Waals surface area contributed by atoms with Crippen molar-refractivity contribution in [2.24, 2.45) is 0 Å². The molecule has 2 N–H and O–H groups in total. The number of nitrogens with zero attached hydrogens (tertiary/aromatic N) is 4. The zero-order chi connectivity index (χ0) is 38.8. The van der Waals surface area contributed by atoms with Crippen LogP contribution in [0.25, 0.3) is 44.3 Å². The Morgan fingerprint density at radius 1 is 0.564 bits per heavy atom. The smallest absolute Gasteiger partial charge is 0.141 e. The van der Waals surface area contributed by atoms with Crippen molar-refractivity contribution in [2.45, 2.75) is 54.0 Å². The van der Waals surface area contributed by atoms with Gasteiger partial charge in [-0.05, 0) is 80.3 Å². The summed E-state index contributed by atoms with van der Waals surface area (Å²) in [6.07, 6.45) is 3.84. The van der Waals surface area contributed by atoms with Crippen LogP contribution in [-0.4, -0.2) is 29.3 Å². The Bertz CT molecular complexity index is 2650. The van der Waals surface area contributed by atoms with E-state index in [1.807, 2.05) is 60.5 Å². The van der Waals surface area contributed by atoms with Crippen LogP contribution in [-0.2, 0) is 26.3 Å². The van der Waals surface area contributed by atoms with E-state index in [0.29, 0.717) is 29.2 Å². The van der Waals surface area contributed by atoms with Gasteiger partial charge in [0.1, 0.15) is 22.9 Å². The lowest BCUT2D eigenvalue weighted by Crippen LogP contribution is -2.04. The molecule has 6 nitrogen and oxygen atoms in total. The molecule has 0 atom stereocenters. The van der Waals surface area contributed by atoms with Gasteiger partial charge in [0.15, 0.2) is 0 Å². The minimum atomic E-state index is -0.336. The first-order valence-electron chi connectivity index (χ1n) is 18.1. The SMILES string of the molecule is Cc1ccc(-c2c(CO)c(C)nc3c2ccn3Cc2ccc(Cl)cc2F)cc1.Cc1ccc(-c2c(CO)c(C)nc3c2ccn3Cc2ccccc2F)cc1. The molecule has 0 aliphatic rings. The first kappa shape index (κ1) is 37.6. The van der Waals surface area contributed by atoms with Crippen LogP contribution >= 0.6 is 11.6 Å². The monoisotopic (exact) mass is 754 g/mol. The maximum absolute atomic E-state index is 14.3. The number of aromatic nitrogens is 4. The van der Waals surface area contributed by atoms with Crippen LogP contribution in [0, 0.1) is 39.3 Å². The molecule has 0 radical (unpaired) electrons. The molecule has 0 fully saturated rings. The highest BCUT2D eigenvalue weighted by Gasteiger charge is 2.19. The zero-order valence-electron chi connectivity index (χ0n) is 31.1. The second-order valence-electron chi connectivity index (χ2n) is 13.8. The molecule has 0 aliphatic carbocycles. The molecule has 8 aromatic rings. The maximum atomic E-state index is 14.3. The van der Waals surface area contributed by atoms with E-state index in [1.54, 1.807) is 24.3 Å². The van der Waals surface area contributed by atoms with Crippen molar-refractivity contribution in [1.82, 2.24) is 19.1 Å². The van der Waals surface area contributed by atoms with Crippen molar-refractivity contribution in [3.05, 3.63) is 177 Å². The summed E-state index contributed by atoms with van der Waals surface area (Å²) in [4.78, 5) is 9.42. The normalized spacial score (nSPS) is 11.3. The average molecular weight is 755 g/mol. The van der Waals surface area contributed by atoms with Gasteiger partial charge in [0.25, 0.3) is 0 Å². The van der Waals surface area contributed by atoms with Crippen LogP contribution in [0.3, 0.4) is 0 Å². The van der Waals surface area contributed by atoms with Gasteiger partial charge < -0.3 is 19.3 Å². The van der Waals surface area contributed by atoms with Gasteiger partial charge in [0.05, 0.1) is 26.3 Å². The third kappa shape index (κ3) is 7.67. The lowest BCUT2D eigenvalue weighted by atomic mass is 9.96. The first-order chi connectivity index (χ1) is 26.6. The van der Waals surface area contributed by atoms with Crippen molar-refractivity contribution < 1.29 is 19.0 Å². The van der Waals surface area contributed by atoms with Crippen LogP contribution in [0.2, 0.25) is 5.02 Å². The Balaban J connectivity index is 0.000000169. The highest BCUT2D eigenvalue weighted by atomic mass is 35.5. The van der Waals surface area contributed by atoms with Crippen molar-refractivity contribution in [3.8, 4) is 22.3 Å². The Kier molecular flexibility index (Phi) is 10.9. The van der Waals surface area contributed by atoms with E-state index >= 15 is 0 Å². The third-order valence-corrected chi connectivity index (χ3v) is 10.3. The van der Waals surface area contributed by atoms with Gasteiger partial charge in [-0.25, -0.2) is 18.7 Å². The summed E-state index contributed by atoms with van der Waals surface area (Å²) in [6.45, 7) is 8.49. The van der Waals surface area contributed by atoms with Gasteiger partial charge in [-0.15, -0.1) is 0 Å². The van der Waals surface area contributed by atoms with E-state index < -0.39 is 0 Å². The van der Waals surface area contributed by atoms with Gasteiger partial charge in [0.2, 0.25) is 0 Å². The first-order valence-corrected chi connectivity index (χ1v) is 18.4. The lowest BCUT2D eigenvalue weighted by Gasteiger charge is -2.14. The number of benzene rings is 4. The van der Waals surface area contributed by atoms with Crippen LogP contribution in [0.15, 0.2) is 116 Å². The number of hydrogen-bond acceptors (Lipinski definition) is 4. The van der Waals surface area contributed by atoms with E-state index in [0.717, 1.165) is 66.8 Å². The van der Waals surface area contributed by atoms with Crippen molar-refractivity contribution in [3.63, 3.8) is 0 Å². The molecule has 9 heteroatoms. The number of aryl methyl sites for hydroxylation is 4. The highest BCUT2D eigenvalue weighted by Crippen LogP contribution is 2.36. The molecule has 0 unspecified atom stereocenters. The molecule has 278 valence electrons. The Morgan fingerprint density at radius 3 is 1.45 bits per heavy atom. The van der Waals surface area contributed by atoms with Gasteiger partial charge in [-0.1, -0.05) is 95.5 Å². The van der Waals surface area contributed by atoms with Crippen LogP contribution < -0.4 is 0 Å². The number of aliphatic hydroxyl groups is 2. The second-order valence-corrected chi connectivity index (χ2v) is 14.3. The molecule has 0 saturated heterocycles. The Hall–Kier alpha value is -5.67. The van der Waals surface area contributed by atoms with E-state index in [9.17, 15) is 19.0 Å². The molecule has 55 heavy (non-hydrogen) atoms. The number of rotatable bonds is 8. The van der Waals surface area contributed by atoms with E-state index in [1.165, 1.54) is 23.3 Å². The second kappa shape index (κ2) is 16.0. The molecule has 4 aromatic heterocycles. The number of aliphatic hydroxyl groups excluding tert-OH is 2. The fraction of sp³-hybridized carbons (Fsp3) is 0.174. The summed E-state index contributed by atoms with van der Waals surface area (Å²) >= 11 is 5.86. The van der Waals surface area contributed by atoms with Crippen molar-refractivity contribution in [1.29, 1.82) is 0 Å². The lowest BCUT2D eigenvalue weighted by molar-refractivity contribution is 0.281. The summed E-state index contributed by atoms with van der Waals surface area (Å²) in [7, 11) is 0. The molecular weight excluding hydrogens is 714 g/mol. The quantitative estimate of drug-likeness (QED) is 0.162. The Labute approximate surface area is 324 Å². The average Bonchev–Trinajstić information content (AvgIpc) is 3.76. The predicted molar refractivity (Wildman–Crippen MR) is 217 cm³/mol. The van der Waals surface area contributed by atoms with Crippen LogP contribution in [0.1, 0.15) is 44.8 Å². The molecule has 0 bridgehead atoms. The van der Waals surface area contributed by atoms with E-state index in [4.69, 9.17) is 21.6 Å².